The average molecular weight is 241 g/mol. The lowest BCUT2D eigenvalue weighted by atomic mass is 10.7. The lowest BCUT2D eigenvalue weighted by Gasteiger charge is -1.99. The van der Waals surface area contributed by atoms with Crippen molar-refractivity contribution in [3.05, 3.63) is 11.7 Å². The lowest BCUT2D eigenvalue weighted by Crippen LogP contribution is -2.12. The summed E-state index contributed by atoms with van der Waals surface area (Å²) in [5, 5.41) is 15.7. The van der Waals surface area contributed by atoms with Crippen LogP contribution in [0.2, 0.25) is 0 Å². The lowest BCUT2D eigenvalue weighted by molar-refractivity contribution is 0.387. The molecular formula is C7H11N7OS. The van der Waals surface area contributed by atoms with Crippen LogP contribution in [0.25, 0.3) is 0 Å². The number of nitrogens with two attached hydrogens (primary N) is 1. The zero-order valence-electron chi connectivity index (χ0n) is 8.70. The number of hydrogen-bond acceptors (Lipinski definition) is 8. The van der Waals surface area contributed by atoms with Crippen LogP contribution in [0, 0.1) is 6.92 Å². The van der Waals surface area contributed by atoms with Crippen LogP contribution in [0.15, 0.2) is 9.68 Å². The van der Waals surface area contributed by atoms with Gasteiger partial charge in [-0.2, -0.15) is 4.98 Å². The van der Waals surface area contributed by atoms with E-state index >= 15 is 0 Å². The molecule has 8 nitrogen and oxygen atoms in total. The Morgan fingerprint density at radius 1 is 1.50 bits per heavy atom. The van der Waals surface area contributed by atoms with Crippen molar-refractivity contribution in [3.8, 4) is 0 Å². The third kappa shape index (κ3) is 2.55. The van der Waals surface area contributed by atoms with Gasteiger partial charge in [-0.25, -0.2) is 4.68 Å². The highest BCUT2D eigenvalue weighted by Crippen LogP contribution is 2.18. The van der Waals surface area contributed by atoms with Crippen molar-refractivity contribution in [1.82, 2.24) is 30.3 Å². The molecule has 0 aliphatic heterocycles. The van der Waals surface area contributed by atoms with Gasteiger partial charge in [-0.05, 0) is 17.4 Å². The molecule has 2 heterocycles. The molecule has 0 saturated carbocycles. The number of aromatic nitrogens is 6. The highest BCUT2D eigenvalue weighted by Gasteiger charge is 2.09. The van der Waals surface area contributed by atoms with Gasteiger partial charge in [0.15, 0.2) is 5.82 Å². The number of rotatable bonds is 5. The van der Waals surface area contributed by atoms with Crippen molar-refractivity contribution in [2.24, 2.45) is 5.73 Å². The molecule has 0 unspecified atom stereocenters. The first-order valence-corrected chi connectivity index (χ1v) is 5.66. The number of tetrazole rings is 1. The second-order valence-electron chi connectivity index (χ2n) is 3.00. The first-order chi connectivity index (χ1) is 7.79. The smallest absolute Gasteiger partial charge is 0.237 e. The maximum absolute atomic E-state index is 5.43. The van der Waals surface area contributed by atoms with E-state index in [2.05, 4.69) is 25.7 Å². The number of aryl methyl sites for hydroxylation is 1. The van der Waals surface area contributed by atoms with E-state index in [0.717, 1.165) is 0 Å². The van der Waals surface area contributed by atoms with Gasteiger partial charge in [0, 0.05) is 6.54 Å². The maximum Gasteiger partial charge on any atom is 0.237 e. The molecule has 0 fully saturated rings. The molecule has 0 bridgehead atoms. The zero-order chi connectivity index (χ0) is 11.4. The molecule has 0 aliphatic carbocycles. The van der Waals surface area contributed by atoms with Crippen LogP contribution in [-0.2, 0) is 12.3 Å². The van der Waals surface area contributed by atoms with Crippen LogP contribution >= 0.6 is 11.8 Å². The van der Waals surface area contributed by atoms with E-state index in [-0.39, 0.29) is 0 Å². The van der Waals surface area contributed by atoms with Gasteiger partial charge >= 0.3 is 0 Å². The molecule has 9 heteroatoms. The van der Waals surface area contributed by atoms with Crippen LogP contribution in [0.1, 0.15) is 11.7 Å². The van der Waals surface area contributed by atoms with Crippen LogP contribution in [0.4, 0.5) is 0 Å². The Labute approximate surface area is 95.6 Å². The fraction of sp³-hybridized carbons (Fsp3) is 0.571. The first-order valence-electron chi connectivity index (χ1n) is 4.68. The highest BCUT2D eigenvalue weighted by atomic mass is 32.2. The van der Waals surface area contributed by atoms with E-state index in [1.54, 1.807) is 11.6 Å². The van der Waals surface area contributed by atoms with E-state index in [0.29, 0.717) is 35.7 Å². The van der Waals surface area contributed by atoms with Crippen molar-refractivity contribution < 1.29 is 4.52 Å². The standard InChI is InChI=1S/C7H11N7OS/c1-5-9-6(15-11-5)4-16-7-10-12-13-14(7)3-2-8/h2-4,8H2,1H3. The molecule has 0 saturated heterocycles. The second-order valence-corrected chi connectivity index (χ2v) is 3.94. The van der Waals surface area contributed by atoms with Gasteiger partial charge in [0.25, 0.3) is 0 Å². The fourth-order valence-electron chi connectivity index (χ4n) is 1.09. The average Bonchev–Trinajstić information content (AvgIpc) is 2.85. The predicted octanol–water partition coefficient (Wildman–Crippen LogP) is -0.384. The summed E-state index contributed by atoms with van der Waals surface area (Å²) in [6.45, 7) is 2.87. The molecule has 2 rings (SSSR count). The molecule has 0 atom stereocenters. The fourth-order valence-corrected chi connectivity index (χ4v) is 1.83. The number of hydrogen-bond donors (Lipinski definition) is 1. The first kappa shape index (κ1) is 11.0. The highest BCUT2D eigenvalue weighted by molar-refractivity contribution is 7.98. The van der Waals surface area contributed by atoms with E-state index in [9.17, 15) is 0 Å². The number of thioether (sulfide) groups is 1. The van der Waals surface area contributed by atoms with Gasteiger partial charge in [-0.3, -0.25) is 0 Å². The van der Waals surface area contributed by atoms with E-state index in [1.165, 1.54) is 11.8 Å². The van der Waals surface area contributed by atoms with Crippen molar-refractivity contribution in [2.45, 2.75) is 24.4 Å². The Kier molecular flexibility index (Phi) is 3.47. The minimum absolute atomic E-state index is 0.498. The van der Waals surface area contributed by atoms with E-state index in [1.807, 2.05) is 0 Å². The van der Waals surface area contributed by atoms with E-state index < -0.39 is 0 Å². The van der Waals surface area contributed by atoms with Gasteiger partial charge < -0.3 is 10.3 Å². The number of nitrogens with zero attached hydrogens (tertiary/aromatic N) is 6. The minimum atomic E-state index is 0.498. The molecule has 2 N–H and O–H groups in total. The monoisotopic (exact) mass is 241 g/mol. The molecule has 0 radical (unpaired) electrons. The molecule has 16 heavy (non-hydrogen) atoms. The molecule has 2 aromatic heterocycles. The SMILES string of the molecule is Cc1noc(CSc2nnnn2CCN)n1. The van der Waals surface area contributed by atoms with Crippen molar-refractivity contribution in [3.63, 3.8) is 0 Å². The van der Waals surface area contributed by atoms with Crippen molar-refractivity contribution in [2.75, 3.05) is 6.54 Å². The Balaban J connectivity index is 1.96. The third-order valence-electron chi connectivity index (χ3n) is 1.73. The Bertz CT molecular complexity index is 453. The molecular weight excluding hydrogens is 230 g/mol. The van der Waals surface area contributed by atoms with Crippen molar-refractivity contribution >= 4 is 11.8 Å². The topological polar surface area (TPSA) is 109 Å². The van der Waals surface area contributed by atoms with Gasteiger partial charge in [-0.15, -0.1) is 5.10 Å². The summed E-state index contributed by atoms with van der Waals surface area (Å²) in [5.41, 5.74) is 5.43. The van der Waals surface area contributed by atoms with E-state index in [4.69, 9.17) is 10.3 Å². The Morgan fingerprint density at radius 3 is 3.06 bits per heavy atom. The quantitative estimate of drug-likeness (QED) is 0.705. The van der Waals surface area contributed by atoms with Crippen LogP contribution in [0.5, 0.6) is 0 Å². The van der Waals surface area contributed by atoms with Gasteiger partial charge in [0.2, 0.25) is 11.0 Å². The predicted molar refractivity (Wildman–Crippen MR) is 55.5 cm³/mol. The largest absolute Gasteiger partial charge is 0.338 e. The normalized spacial score (nSPS) is 10.9. The molecule has 2 aromatic rings. The Hall–Kier alpha value is -1.48. The van der Waals surface area contributed by atoms with Gasteiger partial charge in [-0.1, -0.05) is 16.9 Å². The van der Waals surface area contributed by atoms with Gasteiger partial charge in [0.1, 0.15) is 0 Å². The third-order valence-corrected chi connectivity index (χ3v) is 2.68. The second kappa shape index (κ2) is 5.03. The summed E-state index contributed by atoms with van der Waals surface area (Å²) in [4.78, 5) is 4.08. The summed E-state index contributed by atoms with van der Waals surface area (Å²) in [7, 11) is 0. The summed E-state index contributed by atoms with van der Waals surface area (Å²) >= 11 is 1.44. The maximum atomic E-state index is 5.43. The van der Waals surface area contributed by atoms with Crippen LogP contribution in [0.3, 0.4) is 0 Å². The summed E-state index contributed by atoms with van der Waals surface area (Å²) in [6.07, 6.45) is 0. The molecule has 0 aromatic carbocycles. The summed E-state index contributed by atoms with van der Waals surface area (Å²) in [5.74, 6) is 1.73. The molecule has 0 aliphatic rings. The van der Waals surface area contributed by atoms with Crippen LogP contribution in [-0.4, -0.2) is 36.9 Å². The zero-order valence-corrected chi connectivity index (χ0v) is 9.51. The summed E-state index contributed by atoms with van der Waals surface area (Å²) < 4.78 is 6.62. The Morgan fingerprint density at radius 2 is 2.38 bits per heavy atom. The van der Waals surface area contributed by atoms with Crippen molar-refractivity contribution in [1.29, 1.82) is 0 Å². The molecule has 86 valence electrons. The molecule has 0 amide bonds. The minimum Gasteiger partial charge on any atom is -0.338 e. The van der Waals surface area contributed by atoms with Crippen LogP contribution < -0.4 is 5.73 Å². The molecule has 0 spiro atoms. The summed E-state index contributed by atoms with van der Waals surface area (Å²) in [6, 6.07) is 0. The van der Waals surface area contributed by atoms with Gasteiger partial charge in [0.05, 0.1) is 12.3 Å².